The molecule has 224 valence electrons. The summed E-state index contributed by atoms with van der Waals surface area (Å²) in [6.45, 7) is 5.43. The monoisotopic (exact) mass is 583 g/mol. The zero-order valence-corrected chi connectivity index (χ0v) is 24.2. The van der Waals surface area contributed by atoms with Gasteiger partial charge in [0.15, 0.2) is 5.54 Å². The lowest BCUT2D eigenvalue weighted by molar-refractivity contribution is -0.134. The summed E-state index contributed by atoms with van der Waals surface area (Å²) in [5, 5.41) is 18.7. The van der Waals surface area contributed by atoms with Crippen molar-refractivity contribution in [3.05, 3.63) is 119 Å². The molecule has 1 unspecified atom stereocenters. The average molecular weight is 584 g/mol. The van der Waals surface area contributed by atoms with Crippen LogP contribution < -0.4 is 5.32 Å². The van der Waals surface area contributed by atoms with Crippen LogP contribution in [0.15, 0.2) is 97.1 Å². The lowest BCUT2D eigenvalue weighted by Gasteiger charge is -2.32. The standard InChI is InChI=1S/C30H33N3O2.C4H4O4/c1-23-13-15-27(16-14-23)30(26-11-6-3-7-12-26)28(34)33(29(35)31-30)20-8-19-32-21-17-25(18-22-32)24-9-4-2-5-10-24;5-3(6)1-2-4(7)8/h2-7,9-16,25H,8,17-22H2,1H3,(H,31,35);1-2H,(H,5,6)(H,7,8). The lowest BCUT2D eigenvalue weighted by Crippen LogP contribution is -2.45. The van der Waals surface area contributed by atoms with Gasteiger partial charge >= 0.3 is 18.0 Å². The van der Waals surface area contributed by atoms with Crippen LogP contribution in [0.4, 0.5) is 4.79 Å². The number of carbonyl (C=O) groups is 4. The maximum absolute atomic E-state index is 13.8. The Labute approximate surface area is 251 Å². The predicted octanol–water partition coefficient (Wildman–Crippen LogP) is 4.77. The molecule has 1 atom stereocenters. The molecule has 0 spiro atoms. The Morgan fingerprint density at radius 3 is 1.91 bits per heavy atom. The summed E-state index contributed by atoms with van der Waals surface area (Å²) in [7, 11) is 0. The van der Waals surface area contributed by atoms with Crippen molar-refractivity contribution in [2.45, 2.75) is 37.6 Å². The predicted molar refractivity (Wildman–Crippen MR) is 163 cm³/mol. The van der Waals surface area contributed by atoms with Gasteiger partial charge in [0.25, 0.3) is 5.91 Å². The van der Waals surface area contributed by atoms with Crippen molar-refractivity contribution >= 4 is 23.9 Å². The maximum atomic E-state index is 13.8. The molecule has 3 amide bonds. The molecule has 2 aliphatic rings. The van der Waals surface area contributed by atoms with Crippen LogP contribution >= 0.6 is 0 Å². The molecule has 2 heterocycles. The quantitative estimate of drug-likeness (QED) is 0.245. The fraction of sp³-hybridized carbons (Fsp3) is 0.294. The highest BCUT2D eigenvalue weighted by atomic mass is 16.4. The summed E-state index contributed by atoms with van der Waals surface area (Å²) in [4.78, 5) is 49.9. The van der Waals surface area contributed by atoms with Crippen LogP contribution in [0.3, 0.4) is 0 Å². The van der Waals surface area contributed by atoms with Crippen molar-refractivity contribution in [2.75, 3.05) is 26.2 Å². The molecule has 5 rings (SSSR count). The molecule has 3 aromatic carbocycles. The minimum Gasteiger partial charge on any atom is -0.478 e. The molecule has 0 aliphatic carbocycles. The second-order valence-corrected chi connectivity index (χ2v) is 10.8. The number of nitrogens with one attached hydrogen (secondary N) is 1. The number of carboxylic acids is 2. The third-order valence-electron chi connectivity index (χ3n) is 7.88. The van der Waals surface area contributed by atoms with Crippen LogP contribution in [0.5, 0.6) is 0 Å². The van der Waals surface area contributed by atoms with Crippen molar-refractivity contribution < 1.29 is 29.4 Å². The highest BCUT2D eigenvalue weighted by Crippen LogP contribution is 2.36. The van der Waals surface area contributed by atoms with Gasteiger partial charge in [-0.25, -0.2) is 14.4 Å². The Bertz CT molecular complexity index is 1420. The zero-order chi connectivity index (χ0) is 30.8. The van der Waals surface area contributed by atoms with Crippen LogP contribution in [0.2, 0.25) is 0 Å². The van der Waals surface area contributed by atoms with Crippen molar-refractivity contribution in [1.29, 1.82) is 0 Å². The molecule has 2 fully saturated rings. The molecular formula is C34H37N3O6. The molecule has 3 N–H and O–H groups in total. The summed E-state index contributed by atoms with van der Waals surface area (Å²) >= 11 is 0. The Hall–Kier alpha value is -4.76. The van der Waals surface area contributed by atoms with Crippen LogP contribution in [0, 0.1) is 6.92 Å². The molecule has 9 nitrogen and oxygen atoms in total. The van der Waals surface area contributed by atoms with Crippen molar-refractivity contribution in [3.63, 3.8) is 0 Å². The van der Waals surface area contributed by atoms with Crippen LogP contribution in [0.25, 0.3) is 0 Å². The summed E-state index contributed by atoms with van der Waals surface area (Å²) in [5.74, 6) is -2.08. The van der Waals surface area contributed by atoms with Gasteiger partial charge in [-0.05, 0) is 68.4 Å². The van der Waals surface area contributed by atoms with E-state index in [-0.39, 0.29) is 11.9 Å². The lowest BCUT2D eigenvalue weighted by atomic mass is 9.82. The summed E-state index contributed by atoms with van der Waals surface area (Å²) in [6.07, 6.45) is 4.19. The second-order valence-electron chi connectivity index (χ2n) is 10.8. The van der Waals surface area contributed by atoms with Crippen LogP contribution in [0.1, 0.15) is 47.4 Å². The van der Waals surface area contributed by atoms with Crippen LogP contribution in [-0.4, -0.2) is 70.1 Å². The van der Waals surface area contributed by atoms with Crippen molar-refractivity contribution in [3.8, 4) is 0 Å². The second kappa shape index (κ2) is 14.4. The van der Waals surface area contributed by atoms with Gasteiger partial charge in [0.2, 0.25) is 0 Å². The number of aliphatic carboxylic acids is 2. The van der Waals surface area contributed by atoms with E-state index in [2.05, 4.69) is 40.5 Å². The topological polar surface area (TPSA) is 127 Å². The summed E-state index contributed by atoms with van der Waals surface area (Å²) in [5.41, 5.74) is 2.94. The minimum absolute atomic E-state index is 0.194. The Kier molecular flexibility index (Phi) is 10.5. The molecule has 43 heavy (non-hydrogen) atoms. The van der Waals surface area contributed by atoms with E-state index in [1.54, 1.807) is 0 Å². The largest absolute Gasteiger partial charge is 0.478 e. The number of nitrogens with zero attached hydrogens (tertiary/aromatic N) is 2. The molecule has 0 saturated carbocycles. The maximum Gasteiger partial charge on any atom is 0.328 e. The number of imide groups is 1. The number of urea groups is 1. The molecule has 2 saturated heterocycles. The number of hydrogen-bond donors (Lipinski definition) is 3. The highest BCUT2D eigenvalue weighted by Gasteiger charge is 2.53. The SMILES string of the molecule is Cc1ccc(C2(c3ccccc3)NC(=O)N(CCCN3CCC(c4ccccc4)CC3)C2=O)cc1.O=C(O)C=CC(=O)O. The number of aryl methyl sites for hydroxylation is 1. The van der Waals surface area contributed by atoms with Crippen LogP contribution in [-0.2, 0) is 19.9 Å². The fourth-order valence-electron chi connectivity index (χ4n) is 5.64. The molecule has 9 heteroatoms. The summed E-state index contributed by atoms with van der Waals surface area (Å²) < 4.78 is 0. The first kappa shape index (κ1) is 31.2. The van der Waals surface area contributed by atoms with E-state index in [0.29, 0.717) is 24.6 Å². The number of carbonyl (C=O) groups excluding carboxylic acids is 2. The van der Waals surface area contributed by atoms with Gasteiger partial charge in [0.1, 0.15) is 0 Å². The first-order valence-corrected chi connectivity index (χ1v) is 14.4. The van der Waals surface area contributed by atoms with Gasteiger partial charge in [-0.15, -0.1) is 0 Å². The molecule has 3 aromatic rings. The Morgan fingerprint density at radius 2 is 1.35 bits per heavy atom. The third-order valence-corrected chi connectivity index (χ3v) is 7.88. The number of likely N-dealkylation sites (tertiary alicyclic amines) is 1. The molecule has 0 radical (unpaired) electrons. The average Bonchev–Trinajstić information content (AvgIpc) is 3.28. The minimum atomic E-state index is -1.26. The van der Waals surface area contributed by atoms with Gasteiger partial charge in [0, 0.05) is 18.7 Å². The number of carboxylic acid groups (broad SMARTS) is 2. The first-order valence-electron chi connectivity index (χ1n) is 14.4. The van der Waals surface area contributed by atoms with Crippen molar-refractivity contribution in [2.24, 2.45) is 0 Å². The smallest absolute Gasteiger partial charge is 0.328 e. The normalized spacial score (nSPS) is 19.1. The van der Waals surface area contributed by atoms with Gasteiger partial charge in [0.05, 0.1) is 0 Å². The number of benzene rings is 3. The number of rotatable bonds is 9. The molecule has 0 bridgehead atoms. The van der Waals surface area contributed by atoms with E-state index in [9.17, 15) is 19.2 Å². The number of piperidine rings is 1. The van der Waals surface area contributed by atoms with E-state index < -0.39 is 17.5 Å². The van der Waals surface area contributed by atoms with E-state index in [0.717, 1.165) is 55.6 Å². The highest BCUT2D eigenvalue weighted by molar-refractivity contribution is 6.09. The molecule has 2 aliphatic heterocycles. The molecular weight excluding hydrogens is 546 g/mol. The van der Waals surface area contributed by atoms with Gasteiger partial charge < -0.3 is 20.4 Å². The van der Waals surface area contributed by atoms with E-state index in [1.165, 1.54) is 10.5 Å². The third kappa shape index (κ3) is 7.75. The number of hydrogen-bond acceptors (Lipinski definition) is 5. The number of amides is 3. The van der Waals surface area contributed by atoms with E-state index >= 15 is 0 Å². The molecule has 0 aromatic heterocycles. The summed E-state index contributed by atoms with van der Waals surface area (Å²) in [6, 6.07) is 27.9. The van der Waals surface area contributed by atoms with E-state index in [4.69, 9.17) is 10.2 Å². The van der Waals surface area contributed by atoms with Crippen molar-refractivity contribution in [1.82, 2.24) is 15.1 Å². The Morgan fingerprint density at radius 1 is 0.814 bits per heavy atom. The fourth-order valence-corrected chi connectivity index (χ4v) is 5.64. The van der Waals surface area contributed by atoms with Gasteiger partial charge in [-0.2, -0.15) is 0 Å². The van der Waals surface area contributed by atoms with Gasteiger partial charge in [-0.1, -0.05) is 90.5 Å². The zero-order valence-electron chi connectivity index (χ0n) is 24.2. The Balaban J connectivity index is 0.000000467. The van der Waals surface area contributed by atoms with Gasteiger partial charge in [-0.3, -0.25) is 9.69 Å². The van der Waals surface area contributed by atoms with E-state index in [1.807, 2.05) is 61.5 Å². The first-order chi connectivity index (χ1) is 20.7.